The number of benzene rings is 1. The summed E-state index contributed by atoms with van der Waals surface area (Å²) in [5.74, 6) is 0. The number of rotatable bonds is 3. The minimum atomic E-state index is -0.454. The van der Waals surface area contributed by atoms with Crippen molar-refractivity contribution in [3.63, 3.8) is 0 Å². The lowest BCUT2D eigenvalue weighted by molar-refractivity contribution is -0.384. The minimum Gasteiger partial charge on any atom is -0.398 e. The average molecular weight is 267 g/mol. The molecule has 7 heteroatoms. The van der Waals surface area contributed by atoms with Crippen LogP contribution in [-0.4, -0.2) is 14.7 Å². The average Bonchev–Trinajstić information content (AvgIpc) is 2.61. The maximum atomic E-state index is 10.7. The van der Waals surface area contributed by atoms with Gasteiger partial charge in [-0.3, -0.25) is 14.8 Å². The second-order valence-corrected chi connectivity index (χ2v) is 4.31. The van der Waals surface area contributed by atoms with Gasteiger partial charge in [0.2, 0.25) is 0 Å². The minimum absolute atomic E-state index is 0.00850. The van der Waals surface area contributed by atoms with E-state index >= 15 is 0 Å². The fourth-order valence-corrected chi connectivity index (χ4v) is 1.74. The number of aryl methyl sites for hydroxylation is 1. The van der Waals surface area contributed by atoms with E-state index in [-0.39, 0.29) is 5.69 Å². The van der Waals surface area contributed by atoms with Crippen LogP contribution in [-0.2, 0) is 6.54 Å². The maximum absolute atomic E-state index is 10.7. The number of aromatic nitrogens is 2. The van der Waals surface area contributed by atoms with Gasteiger partial charge in [-0.05, 0) is 13.0 Å². The fraction of sp³-hybridized carbons (Fsp3) is 0.182. The van der Waals surface area contributed by atoms with E-state index in [1.165, 1.54) is 18.2 Å². The Morgan fingerprint density at radius 3 is 2.83 bits per heavy atom. The number of anilines is 1. The third kappa shape index (κ3) is 2.43. The summed E-state index contributed by atoms with van der Waals surface area (Å²) in [5.41, 5.74) is 7.64. The van der Waals surface area contributed by atoms with Gasteiger partial charge in [0.25, 0.3) is 5.69 Å². The standard InChI is InChI=1S/C11H11ClN4O2/c1-7-10(12)6-15(14-7)5-8-4-9(16(17)18)2-3-11(8)13/h2-4,6H,5,13H2,1H3. The molecule has 0 fully saturated rings. The molecule has 0 aliphatic heterocycles. The summed E-state index contributed by atoms with van der Waals surface area (Å²) >= 11 is 5.89. The van der Waals surface area contributed by atoms with Gasteiger partial charge in [-0.15, -0.1) is 0 Å². The van der Waals surface area contributed by atoms with Crippen LogP contribution in [0.15, 0.2) is 24.4 Å². The van der Waals surface area contributed by atoms with Gasteiger partial charge in [0.05, 0.1) is 22.2 Å². The van der Waals surface area contributed by atoms with E-state index in [9.17, 15) is 10.1 Å². The van der Waals surface area contributed by atoms with Crippen molar-refractivity contribution in [1.29, 1.82) is 0 Å². The molecule has 6 nitrogen and oxygen atoms in total. The molecule has 2 rings (SSSR count). The molecule has 0 amide bonds. The molecular weight excluding hydrogens is 256 g/mol. The van der Waals surface area contributed by atoms with E-state index in [2.05, 4.69) is 5.10 Å². The summed E-state index contributed by atoms with van der Waals surface area (Å²) in [6.07, 6.45) is 1.66. The highest BCUT2D eigenvalue weighted by Gasteiger charge is 2.10. The molecule has 0 aliphatic carbocycles. The van der Waals surface area contributed by atoms with Crippen molar-refractivity contribution in [2.45, 2.75) is 13.5 Å². The molecule has 0 unspecified atom stereocenters. The van der Waals surface area contributed by atoms with Crippen molar-refractivity contribution >= 4 is 23.0 Å². The Bertz CT molecular complexity index is 590. The zero-order valence-electron chi connectivity index (χ0n) is 9.63. The topological polar surface area (TPSA) is 87.0 Å². The summed E-state index contributed by atoms with van der Waals surface area (Å²) in [5, 5.41) is 15.4. The number of halogens is 1. The van der Waals surface area contributed by atoms with E-state index < -0.39 is 4.92 Å². The molecular formula is C11H11ClN4O2. The van der Waals surface area contributed by atoms with E-state index in [0.29, 0.717) is 28.5 Å². The lowest BCUT2D eigenvalue weighted by Crippen LogP contribution is -2.04. The highest BCUT2D eigenvalue weighted by molar-refractivity contribution is 6.31. The van der Waals surface area contributed by atoms with E-state index in [1.807, 2.05) is 0 Å². The van der Waals surface area contributed by atoms with Crippen molar-refractivity contribution in [3.8, 4) is 0 Å². The van der Waals surface area contributed by atoms with Crippen molar-refractivity contribution in [3.05, 3.63) is 50.8 Å². The van der Waals surface area contributed by atoms with E-state index in [0.717, 1.165) is 0 Å². The number of non-ortho nitro benzene ring substituents is 1. The van der Waals surface area contributed by atoms with Gasteiger partial charge in [0.15, 0.2) is 0 Å². The molecule has 2 aromatic rings. The predicted octanol–water partition coefficient (Wildman–Crippen LogP) is 2.38. The predicted molar refractivity (Wildman–Crippen MR) is 68.6 cm³/mol. The van der Waals surface area contributed by atoms with Crippen LogP contribution in [0.4, 0.5) is 11.4 Å². The normalized spacial score (nSPS) is 10.6. The van der Waals surface area contributed by atoms with Crippen LogP contribution in [0.2, 0.25) is 5.02 Å². The lowest BCUT2D eigenvalue weighted by atomic mass is 10.1. The van der Waals surface area contributed by atoms with Crippen molar-refractivity contribution in [2.75, 3.05) is 5.73 Å². The van der Waals surface area contributed by atoms with Crippen LogP contribution in [0.3, 0.4) is 0 Å². The first kappa shape index (κ1) is 12.4. The number of hydrogen-bond donors (Lipinski definition) is 1. The molecule has 2 N–H and O–H groups in total. The fourth-order valence-electron chi connectivity index (χ4n) is 1.59. The molecule has 0 saturated heterocycles. The van der Waals surface area contributed by atoms with E-state index in [4.69, 9.17) is 17.3 Å². The van der Waals surface area contributed by atoms with Crippen LogP contribution >= 0.6 is 11.6 Å². The number of nitrogens with two attached hydrogens (primary N) is 1. The Hall–Kier alpha value is -2.08. The summed E-state index contributed by atoms with van der Waals surface area (Å²) in [6, 6.07) is 4.34. The van der Waals surface area contributed by atoms with Crippen LogP contribution in [0.1, 0.15) is 11.3 Å². The first-order valence-corrected chi connectivity index (χ1v) is 5.57. The Morgan fingerprint density at radius 2 is 2.28 bits per heavy atom. The second-order valence-electron chi connectivity index (χ2n) is 3.90. The third-order valence-corrected chi connectivity index (χ3v) is 2.93. The van der Waals surface area contributed by atoms with Gasteiger partial charge >= 0.3 is 0 Å². The van der Waals surface area contributed by atoms with Crippen molar-refractivity contribution in [1.82, 2.24) is 9.78 Å². The zero-order chi connectivity index (χ0) is 13.3. The number of nitrogens with zero attached hydrogens (tertiary/aromatic N) is 3. The molecule has 1 aromatic carbocycles. The summed E-state index contributed by atoms with van der Waals surface area (Å²) in [6.45, 7) is 2.14. The van der Waals surface area contributed by atoms with Crippen LogP contribution in [0.25, 0.3) is 0 Å². The molecule has 18 heavy (non-hydrogen) atoms. The molecule has 0 spiro atoms. The lowest BCUT2D eigenvalue weighted by Gasteiger charge is -2.05. The number of hydrogen-bond acceptors (Lipinski definition) is 4. The number of nitro benzene ring substituents is 1. The molecule has 0 bridgehead atoms. The van der Waals surface area contributed by atoms with Crippen LogP contribution in [0, 0.1) is 17.0 Å². The first-order valence-electron chi connectivity index (χ1n) is 5.19. The maximum Gasteiger partial charge on any atom is 0.269 e. The zero-order valence-corrected chi connectivity index (χ0v) is 10.4. The Balaban J connectivity index is 2.33. The highest BCUT2D eigenvalue weighted by atomic mass is 35.5. The first-order chi connectivity index (χ1) is 8.47. The van der Waals surface area contributed by atoms with Gasteiger partial charge in [0.1, 0.15) is 0 Å². The molecule has 0 saturated carbocycles. The summed E-state index contributed by atoms with van der Waals surface area (Å²) in [4.78, 5) is 10.2. The van der Waals surface area contributed by atoms with Gasteiger partial charge < -0.3 is 5.73 Å². The Morgan fingerprint density at radius 1 is 1.56 bits per heavy atom. The van der Waals surface area contributed by atoms with Gasteiger partial charge in [0, 0.05) is 29.6 Å². The quantitative estimate of drug-likeness (QED) is 0.525. The molecule has 0 aliphatic rings. The largest absolute Gasteiger partial charge is 0.398 e. The van der Waals surface area contributed by atoms with Crippen LogP contribution in [0.5, 0.6) is 0 Å². The molecule has 0 atom stereocenters. The van der Waals surface area contributed by atoms with Crippen molar-refractivity contribution in [2.24, 2.45) is 0 Å². The number of nitro groups is 1. The Labute approximate surface area is 108 Å². The highest BCUT2D eigenvalue weighted by Crippen LogP contribution is 2.21. The molecule has 1 aromatic heterocycles. The van der Waals surface area contributed by atoms with Gasteiger partial charge in [-0.25, -0.2) is 0 Å². The van der Waals surface area contributed by atoms with Crippen LogP contribution < -0.4 is 5.73 Å². The van der Waals surface area contributed by atoms with Crippen molar-refractivity contribution < 1.29 is 4.92 Å². The third-order valence-electron chi connectivity index (χ3n) is 2.56. The number of nitrogen functional groups attached to an aromatic ring is 1. The molecule has 0 radical (unpaired) electrons. The monoisotopic (exact) mass is 266 g/mol. The molecule has 94 valence electrons. The second kappa shape index (κ2) is 4.66. The van der Waals surface area contributed by atoms with E-state index in [1.54, 1.807) is 17.8 Å². The smallest absolute Gasteiger partial charge is 0.269 e. The van der Waals surface area contributed by atoms with Gasteiger partial charge in [-0.2, -0.15) is 5.10 Å². The summed E-state index contributed by atoms with van der Waals surface area (Å²) < 4.78 is 1.60. The molecule has 1 heterocycles. The van der Waals surface area contributed by atoms with Gasteiger partial charge in [-0.1, -0.05) is 11.6 Å². The SMILES string of the molecule is Cc1nn(Cc2cc([N+](=O)[O-])ccc2N)cc1Cl. The Kier molecular flexibility index (Phi) is 3.20. The summed E-state index contributed by atoms with van der Waals surface area (Å²) in [7, 11) is 0.